The lowest BCUT2D eigenvalue weighted by atomic mass is 10.2. The molecule has 0 saturated carbocycles. The van der Waals surface area contributed by atoms with Crippen molar-refractivity contribution in [1.29, 1.82) is 0 Å². The van der Waals surface area contributed by atoms with E-state index in [1.54, 1.807) is 30.5 Å². The minimum absolute atomic E-state index is 0.129. The second-order valence-corrected chi connectivity index (χ2v) is 7.32. The number of rotatable bonds is 4. The molecule has 7 heteroatoms. The van der Waals surface area contributed by atoms with Crippen LogP contribution in [0.1, 0.15) is 0 Å². The molecule has 1 heterocycles. The fourth-order valence-electron chi connectivity index (χ4n) is 2.07. The molecular weight excluding hydrogens is 357 g/mol. The molecule has 118 valence electrons. The van der Waals surface area contributed by atoms with Crippen LogP contribution in [0.5, 0.6) is 0 Å². The molecule has 0 aliphatic heterocycles. The van der Waals surface area contributed by atoms with Gasteiger partial charge in [-0.1, -0.05) is 23.2 Å². The summed E-state index contributed by atoms with van der Waals surface area (Å²) in [5.41, 5.74) is 1.09. The largest absolute Gasteiger partial charge is 0.464 e. The Morgan fingerprint density at radius 2 is 1.57 bits per heavy atom. The smallest absolute Gasteiger partial charge is 0.261 e. The van der Waals surface area contributed by atoms with E-state index in [-0.39, 0.29) is 4.90 Å². The molecule has 0 aliphatic carbocycles. The van der Waals surface area contributed by atoms with Crippen molar-refractivity contribution in [2.75, 3.05) is 4.72 Å². The summed E-state index contributed by atoms with van der Waals surface area (Å²) >= 11 is 11.7. The first kappa shape index (κ1) is 15.9. The van der Waals surface area contributed by atoms with Crippen molar-refractivity contribution in [3.63, 3.8) is 0 Å². The van der Waals surface area contributed by atoms with Crippen LogP contribution in [0.2, 0.25) is 10.0 Å². The number of halogens is 2. The number of hydrogen-bond acceptors (Lipinski definition) is 3. The van der Waals surface area contributed by atoms with E-state index < -0.39 is 10.0 Å². The number of furan rings is 1. The topological polar surface area (TPSA) is 59.3 Å². The molecule has 0 spiro atoms. The molecule has 1 aromatic heterocycles. The molecule has 3 aromatic rings. The van der Waals surface area contributed by atoms with E-state index in [4.69, 9.17) is 27.6 Å². The molecular formula is C16H11Cl2NO3S. The summed E-state index contributed by atoms with van der Waals surface area (Å²) in [5.74, 6) is 0.670. The van der Waals surface area contributed by atoms with E-state index in [1.165, 1.54) is 30.3 Å². The highest BCUT2D eigenvalue weighted by Crippen LogP contribution is 2.26. The van der Waals surface area contributed by atoms with Gasteiger partial charge in [-0.25, -0.2) is 8.42 Å². The van der Waals surface area contributed by atoms with Crippen LogP contribution in [0, 0.1) is 0 Å². The van der Waals surface area contributed by atoms with E-state index in [0.29, 0.717) is 21.5 Å². The zero-order valence-corrected chi connectivity index (χ0v) is 14.0. The van der Waals surface area contributed by atoms with Gasteiger partial charge < -0.3 is 4.42 Å². The molecule has 4 nitrogen and oxygen atoms in total. The van der Waals surface area contributed by atoms with Crippen molar-refractivity contribution >= 4 is 38.9 Å². The quantitative estimate of drug-likeness (QED) is 0.701. The Bertz CT molecular complexity index is 900. The zero-order valence-electron chi connectivity index (χ0n) is 11.7. The Kier molecular flexibility index (Phi) is 4.35. The predicted octanol–water partition coefficient (Wildman–Crippen LogP) is 5.05. The Morgan fingerprint density at radius 1 is 0.913 bits per heavy atom. The van der Waals surface area contributed by atoms with Crippen LogP contribution in [0.15, 0.2) is 70.2 Å². The monoisotopic (exact) mass is 367 g/mol. The van der Waals surface area contributed by atoms with Crippen molar-refractivity contribution in [2.24, 2.45) is 0 Å². The molecule has 2 aromatic carbocycles. The Labute approximate surface area is 143 Å². The first-order valence-electron chi connectivity index (χ1n) is 6.57. The fraction of sp³-hybridized carbons (Fsp3) is 0. The van der Waals surface area contributed by atoms with Crippen LogP contribution < -0.4 is 4.72 Å². The third kappa shape index (κ3) is 3.69. The maximum absolute atomic E-state index is 12.4. The summed E-state index contributed by atoms with van der Waals surface area (Å²) < 4.78 is 32.5. The van der Waals surface area contributed by atoms with Crippen LogP contribution >= 0.6 is 23.2 Å². The van der Waals surface area contributed by atoms with Gasteiger partial charge in [0.1, 0.15) is 5.76 Å². The molecule has 0 atom stereocenters. The van der Waals surface area contributed by atoms with Crippen molar-refractivity contribution in [3.8, 4) is 11.3 Å². The standard InChI is InChI=1S/C16H11Cl2NO3S/c17-12-8-13(18)10-14(9-12)19-23(20,21)15-5-3-11(4-6-15)16-2-1-7-22-16/h1-10,19H. The van der Waals surface area contributed by atoms with E-state index in [0.717, 1.165) is 5.56 Å². The predicted molar refractivity (Wildman–Crippen MR) is 91.4 cm³/mol. The highest BCUT2D eigenvalue weighted by atomic mass is 35.5. The lowest BCUT2D eigenvalue weighted by Gasteiger charge is -2.09. The van der Waals surface area contributed by atoms with Crippen LogP contribution in [-0.2, 0) is 10.0 Å². The summed E-state index contributed by atoms with van der Waals surface area (Å²) in [5, 5.41) is 0.701. The van der Waals surface area contributed by atoms with E-state index in [2.05, 4.69) is 4.72 Å². The van der Waals surface area contributed by atoms with Gasteiger partial charge in [0.05, 0.1) is 16.8 Å². The SMILES string of the molecule is O=S(=O)(Nc1cc(Cl)cc(Cl)c1)c1ccc(-c2ccco2)cc1. The van der Waals surface area contributed by atoms with E-state index in [9.17, 15) is 8.42 Å². The number of nitrogens with one attached hydrogen (secondary N) is 1. The molecule has 0 unspecified atom stereocenters. The Hall–Kier alpha value is -1.95. The molecule has 0 radical (unpaired) electrons. The maximum atomic E-state index is 12.4. The average molecular weight is 368 g/mol. The molecule has 0 saturated heterocycles. The van der Waals surface area contributed by atoms with Gasteiger partial charge in [-0.15, -0.1) is 0 Å². The van der Waals surface area contributed by atoms with Crippen LogP contribution in [0.3, 0.4) is 0 Å². The summed E-state index contributed by atoms with van der Waals surface area (Å²) in [4.78, 5) is 0.129. The van der Waals surface area contributed by atoms with E-state index >= 15 is 0 Å². The lowest BCUT2D eigenvalue weighted by Crippen LogP contribution is -2.12. The van der Waals surface area contributed by atoms with Gasteiger partial charge in [0.2, 0.25) is 0 Å². The second kappa shape index (κ2) is 6.28. The molecule has 0 fully saturated rings. The molecule has 0 amide bonds. The van der Waals surface area contributed by atoms with Crippen molar-refractivity contribution in [2.45, 2.75) is 4.90 Å². The van der Waals surface area contributed by atoms with Crippen LogP contribution in [0.25, 0.3) is 11.3 Å². The van der Waals surface area contributed by atoms with Gasteiger partial charge in [0.15, 0.2) is 0 Å². The van der Waals surface area contributed by atoms with Gasteiger partial charge in [-0.3, -0.25) is 4.72 Å². The van der Waals surface area contributed by atoms with Crippen LogP contribution in [0.4, 0.5) is 5.69 Å². The average Bonchev–Trinajstić information content (AvgIpc) is 3.00. The summed E-state index contributed by atoms with van der Waals surface area (Å²) in [6.07, 6.45) is 1.56. The first-order valence-corrected chi connectivity index (χ1v) is 8.81. The normalized spacial score (nSPS) is 11.4. The van der Waals surface area contributed by atoms with Crippen molar-refractivity contribution in [3.05, 3.63) is 70.9 Å². The lowest BCUT2D eigenvalue weighted by molar-refractivity contribution is 0.582. The van der Waals surface area contributed by atoms with Gasteiger partial charge >= 0.3 is 0 Å². The number of sulfonamides is 1. The van der Waals surface area contributed by atoms with Gasteiger partial charge in [0, 0.05) is 15.6 Å². The number of anilines is 1. The molecule has 0 bridgehead atoms. The highest BCUT2D eigenvalue weighted by molar-refractivity contribution is 7.92. The molecule has 23 heavy (non-hydrogen) atoms. The van der Waals surface area contributed by atoms with Gasteiger partial charge in [0.25, 0.3) is 10.0 Å². The van der Waals surface area contributed by atoms with Gasteiger partial charge in [-0.2, -0.15) is 0 Å². The van der Waals surface area contributed by atoms with Gasteiger partial charge in [-0.05, 0) is 54.6 Å². The van der Waals surface area contributed by atoms with Crippen molar-refractivity contribution in [1.82, 2.24) is 0 Å². The zero-order chi connectivity index (χ0) is 16.4. The number of hydrogen-bond donors (Lipinski definition) is 1. The summed E-state index contributed by atoms with van der Waals surface area (Å²) in [7, 11) is -3.73. The maximum Gasteiger partial charge on any atom is 0.261 e. The van der Waals surface area contributed by atoms with Crippen LogP contribution in [-0.4, -0.2) is 8.42 Å². The second-order valence-electron chi connectivity index (χ2n) is 4.77. The Morgan fingerprint density at radius 3 is 2.13 bits per heavy atom. The third-order valence-corrected chi connectivity index (χ3v) is 4.92. The minimum atomic E-state index is -3.73. The number of benzene rings is 2. The fourth-order valence-corrected chi connectivity index (χ4v) is 3.63. The van der Waals surface area contributed by atoms with Crippen molar-refractivity contribution < 1.29 is 12.8 Å². The molecule has 3 rings (SSSR count). The van der Waals surface area contributed by atoms with E-state index in [1.807, 2.05) is 0 Å². The molecule has 1 N–H and O–H groups in total. The highest BCUT2D eigenvalue weighted by Gasteiger charge is 2.15. The minimum Gasteiger partial charge on any atom is -0.464 e. The summed E-state index contributed by atoms with van der Waals surface area (Å²) in [6, 6.07) is 14.4. The summed E-state index contributed by atoms with van der Waals surface area (Å²) in [6.45, 7) is 0. The third-order valence-electron chi connectivity index (χ3n) is 3.09. The molecule has 0 aliphatic rings. The Balaban J connectivity index is 1.87. The first-order chi connectivity index (χ1) is 10.9.